The summed E-state index contributed by atoms with van der Waals surface area (Å²) in [5.41, 5.74) is 1.03. The van der Waals surface area contributed by atoms with Gasteiger partial charge in [-0.3, -0.25) is 9.36 Å². The summed E-state index contributed by atoms with van der Waals surface area (Å²) in [4.78, 5) is 24.6. The van der Waals surface area contributed by atoms with Crippen LogP contribution in [0.5, 0.6) is 11.5 Å². The molecule has 10 nitrogen and oxygen atoms in total. The van der Waals surface area contributed by atoms with Crippen molar-refractivity contribution in [2.75, 3.05) is 19.5 Å². The molecule has 1 heterocycles. The van der Waals surface area contributed by atoms with Crippen LogP contribution < -0.4 is 25.3 Å². The van der Waals surface area contributed by atoms with Crippen LogP contribution in [0, 0.1) is 5.92 Å². The predicted octanol–water partition coefficient (Wildman–Crippen LogP) is 2.48. The molecule has 3 aromatic rings. The van der Waals surface area contributed by atoms with Gasteiger partial charge in [0, 0.05) is 24.9 Å². The first-order valence-electron chi connectivity index (χ1n) is 10.2. The van der Waals surface area contributed by atoms with E-state index in [4.69, 9.17) is 13.9 Å². The Hall–Kier alpha value is -3.31. The number of carbonyl (C=O) groups excluding carboxylic acids is 1. The molecule has 0 radical (unpaired) electrons. The Bertz CT molecular complexity index is 1330. The molecule has 2 aromatic carbocycles. The molecular formula is C22H27N3O7S. The van der Waals surface area contributed by atoms with Crippen LogP contribution in [0.25, 0.3) is 11.1 Å². The van der Waals surface area contributed by atoms with E-state index < -0.39 is 27.7 Å². The molecule has 2 N–H and O–H groups in total. The zero-order valence-corrected chi connectivity index (χ0v) is 19.9. The third-order valence-corrected chi connectivity index (χ3v) is 6.52. The molecule has 0 aliphatic heterocycles. The Morgan fingerprint density at radius 1 is 1.09 bits per heavy atom. The van der Waals surface area contributed by atoms with Gasteiger partial charge in [0.25, 0.3) is 0 Å². The number of anilines is 1. The van der Waals surface area contributed by atoms with Gasteiger partial charge in [-0.2, -0.15) is 4.72 Å². The van der Waals surface area contributed by atoms with Gasteiger partial charge in [0.15, 0.2) is 17.1 Å². The van der Waals surface area contributed by atoms with Crippen molar-refractivity contribution in [3.05, 3.63) is 46.9 Å². The van der Waals surface area contributed by atoms with E-state index in [9.17, 15) is 18.0 Å². The van der Waals surface area contributed by atoms with Crippen LogP contribution in [0.15, 0.2) is 50.5 Å². The second-order valence-electron chi connectivity index (χ2n) is 7.92. The molecule has 1 atom stereocenters. The monoisotopic (exact) mass is 477 g/mol. The topological polar surface area (TPSA) is 129 Å². The van der Waals surface area contributed by atoms with Crippen LogP contribution in [-0.4, -0.2) is 39.2 Å². The van der Waals surface area contributed by atoms with Crippen LogP contribution >= 0.6 is 0 Å². The normalized spacial score (nSPS) is 12.7. The summed E-state index contributed by atoms with van der Waals surface area (Å²) >= 11 is 0. The number of oxazole rings is 1. The lowest BCUT2D eigenvalue weighted by Gasteiger charge is -2.20. The number of nitrogens with zero attached hydrogens (tertiary/aromatic N) is 1. The fourth-order valence-electron chi connectivity index (χ4n) is 3.36. The van der Waals surface area contributed by atoms with E-state index in [1.54, 1.807) is 18.2 Å². The van der Waals surface area contributed by atoms with Crippen molar-refractivity contribution in [1.82, 2.24) is 9.29 Å². The lowest BCUT2D eigenvalue weighted by atomic mass is 10.0. The number of rotatable bonds is 9. The molecule has 178 valence electrons. The summed E-state index contributed by atoms with van der Waals surface area (Å²) < 4.78 is 45.4. The smallest absolute Gasteiger partial charge is 0.419 e. The minimum atomic E-state index is -4.09. The average Bonchev–Trinajstić information content (AvgIpc) is 3.05. The van der Waals surface area contributed by atoms with Crippen molar-refractivity contribution in [2.24, 2.45) is 13.0 Å². The third-order valence-electron chi connectivity index (χ3n) is 5.05. The standard InChI is InChI=1S/C22H27N3O7S/c1-13(2)10-16(21(26)23-14-6-9-18(30-4)20(11-14)31-5)24-33(28,29)15-7-8-17-19(12-15)32-22(27)25(17)3/h6-9,11-13,16,24H,10H2,1-5H3,(H,23,26)/t16-/m0/s1. The lowest BCUT2D eigenvalue weighted by molar-refractivity contribution is -0.118. The molecule has 0 unspecified atom stereocenters. The zero-order chi connectivity index (χ0) is 24.3. The maximum absolute atomic E-state index is 13.0. The van der Waals surface area contributed by atoms with Gasteiger partial charge in [0.1, 0.15) is 6.04 Å². The number of sulfonamides is 1. The second-order valence-corrected chi connectivity index (χ2v) is 9.63. The van der Waals surface area contributed by atoms with E-state index in [0.29, 0.717) is 22.7 Å². The van der Waals surface area contributed by atoms with Crippen LogP contribution in [0.3, 0.4) is 0 Å². The average molecular weight is 478 g/mol. The minimum Gasteiger partial charge on any atom is -0.493 e. The summed E-state index contributed by atoms with van der Waals surface area (Å²) in [7, 11) is 0.416. The Labute approximate surface area is 191 Å². The minimum absolute atomic E-state index is 0.0310. The van der Waals surface area contributed by atoms with Gasteiger partial charge >= 0.3 is 5.76 Å². The number of carbonyl (C=O) groups is 1. The van der Waals surface area contributed by atoms with Crippen LogP contribution in [0.1, 0.15) is 20.3 Å². The summed E-state index contributed by atoms with van der Waals surface area (Å²) in [5.74, 6) is -0.165. The Morgan fingerprint density at radius 2 is 1.79 bits per heavy atom. The van der Waals surface area contributed by atoms with Crippen molar-refractivity contribution >= 4 is 32.7 Å². The van der Waals surface area contributed by atoms with Gasteiger partial charge in [0.2, 0.25) is 15.9 Å². The number of fused-ring (bicyclic) bond motifs is 1. The van der Waals surface area contributed by atoms with E-state index in [2.05, 4.69) is 10.0 Å². The molecule has 0 bridgehead atoms. The van der Waals surface area contributed by atoms with Crippen LogP contribution in [0.2, 0.25) is 0 Å². The fraction of sp³-hybridized carbons (Fsp3) is 0.364. The highest BCUT2D eigenvalue weighted by Crippen LogP contribution is 2.30. The quantitative estimate of drug-likeness (QED) is 0.484. The third kappa shape index (κ3) is 5.37. The van der Waals surface area contributed by atoms with E-state index in [0.717, 1.165) is 0 Å². The Balaban J connectivity index is 1.86. The number of ether oxygens (including phenoxy) is 2. The highest BCUT2D eigenvalue weighted by atomic mass is 32.2. The zero-order valence-electron chi connectivity index (χ0n) is 19.0. The molecule has 1 amide bonds. The molecule has 0 aliphatic rings. The molecule has 0 spiro atoms. The fourth-order valence-corrected chi connectivity index (χ4v) is 4.58. The van der Waals surface area contributed by atoms with Crippen molar-refractivity contribution in [3.8, 4) is 11.5 Å². The number of hydrogen-bond acceptors (Lipinski definition) is 7. The van der Waals surface area contributed by atoms with Gasteiger partial charge < -0.3 is 19.2 Å². The van der Waals surface area contributed by atoms with E-state index in [-0.39, 0.29) is 22.8 Å². The highest BCUT2D eigenvalue weighted by Gasteiger charge is 2.27. The van der Waals surface area contributed by atoms with Crippen molar-refractivity contribution in [2.45, 2.75) is 31.2 Å². The molecule has 3 rings (SSSR count). The summed E-state index contributed by atoms with van der Waals surface area (Å²) in [6, 6.07) is 7.92. The molecule has 0 saturated heterocycles. The number of benzene rings is 2. The maximum atomic E-state index is 13.0. The van der Waals surface area contributed by atoms with Gasteiger partial charge in [-0.05, 0) is 36.6 Å². The summed E-state index contributed by atoms with van der Waals surface area (Å²) in [6.45, 7) is 3.77. The number of aromatic nitrogens is 1. The molecule has 33 heavy (non-hydrogen) atoms. The number of amides is 1. The first kappa shape index (κ1) is 24.3. The van der Waals surface area contributed by atoms with Crippen molar-refractivity contribution in [3.63, 3.8) is 0 Å². The van der Waals surface area contributed by atoms with E-state index in [1.165, 1.54) is 44.0 Å². The van der Waals surface area contributed by atoms with Gasteiger partial charge in [-0.1, -0.05) is 13.8 Å². The maximum Gasteiger partial charge on any atom is 0.419 e. The van der Waals surface area contributed by atoms with Gasteiger partial charge in [0.05, 0.1) is 24.6 Å². The Kier molecular flexibility index (Phi) is 7.13. The van der Waals surface area contributed by atoms with Crippen LogP contribution in [0.4, 0.5) is 5.69 Å². The Morgan fingerprint density at radius 3 is 2.42 bits per heavy atom. The van der Waals surface area contributed by atoms with Crippen molar-refractivity contribution in [1.29, 1.82) is 0 Å². The van der Waals surface area contributed by atoms with Gasteiger partial charge in [-0.15, -0.1) is 0 Å². The lowest BCUT2D eigenvalue weighted by Crippen LogP contribution is -2.44. The summed E-state index contributed by atoms with van der Waals surface area (Å²) in [6.07, 6.45) is 0.265. The SMILES string of the molecule is COc1ccc(NC(=O)[C@H](CC(C)C)NS(=O)(=O)c2ccc3c(c2)oc(=O)n3C)cc1OC. The second kappa shape index (κ2) is 9.67. The molecule has 1 aromatic heterocycles. The molecule has 0 saturated carbocycles. The predicted molar refractivity (Wildman–Crippen MR) is 123 cm³/mol. The molecule has 11 heteroatoms. The van der Waals surface area contributed by atoms with Crippen molar-refractivity contribution < 1.29 is 27.1 Å². The van der Waals surface area contributed by atoms with E-state index in [1.807, 2.05) is 13.8 Å². The van der Waals surface area contributed by atoms with Gasteiger partial charge in [-0.25, -0.2) is 13.2 Å². The summed E-state index contributed by atoms with van der Waals surface area (Å²) in [5, 5.41) is 2.72. The molecular weight excluding hydrogens is 450 g/mol. The molecule has 0 fully saturated rings. The van der Waals surface area contributed by atoms with Crippen LogP contribution in [-0.2, 0) is 21.9 Å². The van der Waals surface area contributed by atoms with E-state index >= 15 is 0 Å². The molecule has 0 aliphatic carbocycles. The largest absolute Gasteiger partial charge is 0.493 e. The first-order valence-corrected chi connectivity index (χ1v) is 11.7. The number of aryl methyl sites for hydroxylation is 1. The number of nitrogens with one attached hydrogen (secondary N) is 2. The number of methoxy groups -OCH3 is 2. The first-order chi connectivity index (χ1) is 15.6. The highest BCUT2D eigenvalue weighted by molar-refractivity contribution is 7.89. The number of hydrogen-bond donors (Lipinski definition) is 2.